The molecule has 9 heteroatoms. The van der Waals surface area contributed by atoms with Crippen molar-refractivity contribution in [3.8, 4) is 6.07 Å². The highest BCUT2D eigenvalue weighted by atomic mass is 16.6. The monoisotopic (exact) mass is 444 g/mol. The van der Waals surface area contributed by atoms with Crippen LogP contribution in [0.5, 0.6) is 0 Å². The molecule has 0 aliphatic carbocycles. The number of hydrogen-bond donors (Lipinski definition) is 3. The highest BCUT2D eigenvalue weighted by Crippen LogP contribution is 2.26. The summed E-state index contributed by atoms with van der Waals surface area (Å²) >= 11 is 0. The molecule has 3 N–H and O–H groups in total. The second-order valence-corrected chi connectivity index (χ2v) is 9.09. The Balaban J connectivity index is 2.20. The summed E-state index contributed by atoms with van der Waals surface area (Å²) < 4.78 is 11.1. The van der Waals surface area contributed by atoms with Crippen LogP contribution in [-0.2, 0) is 30.3 Å². The quantitative estimate of drug-likeness (QED) is 0.483. The number of nitrogens with one attached hydrogen (secondary N) is 3. The average Bonchev–Trinajstić information content (AvgIpc) is 3.48. The predicted molar refractivity (Wildman–Crippen MR) is 117 cm³/mol. The normalized spacial score (nSPS) is 20.3. The number of ether oxygens (including phenoxy) is 2. The van der Waals surface area contributed by atoms with E-state index in [9.17, 15) is 14.4 Å². The molecule has 1 aromatic rings. The molecule has 1 aliphatic rings. The lowest BCUT2D eigenvalue weighted by atomic mass is 10.0. The van der Waals surface area contributed by atoms with Gasteiger partial charge in [0.1, 0.15) is 12.1 Å². The minimum absolute atomic E-state index is 0.215. The Morgan fingerprint density at radius 2 is 1.78 bits per heavy atom. The van der Waals surface area contributed by atoms with Gasteiger partial charge in [0.2, 0.25) is 11.8 Å². The topological polar surface area (TPSA) is 133 Å². The van der Waals surface area contributed by atoms with Crippen LogP contribution >= 0.6 is 0 Å². The third-order valence-corrected chi connectivity index (χ3v) is 5.04. The van der Waals surface area contributed by atoms with Crippen LogP contribution in [0.15, 0.2) is 24.3 Å². The van der Waals surface area contributed by atoms with Crippen LogP contribution in [0.1, 0.15) is 45.7 Å². The van der Waals surface area contributed by atoms with E-state index in [-0.39, 0.29) is 18.9 Å². The number of benzene rings is 1. The van der Waals surface area contributed by atoms with Crippen molar-refractivity contribution in [2.45, 2.75) is 70.4 Å². The van der Waals surface area contributed by atoms with E-state index in [2.05, 4.69) is 16.0 Å². The molecule has 1 aliphatic heterocycles. The lowest BCUT2D eigenvalue weighted by Gasteiger charge is -2.32. The number of hydrogen-bond acceptors (Lipinski definition) is 6. The summed E-state index contributed by atoms with van der Waals surface area (Å²) in [6, 6.07) is 6.89. The first kappa shape index (κ1) is 25.3. The van der Waals surface area contributed by atoms with Crippen LogP contribution in [0, 0.1) is 11.3 Å². The summed E-state index contributed by atoms with van der Waals surface area (Å²) in [7, 11) is 1.48. The van der Waals surface area contributed by atoms with Gasteiger partial charge in [0.15, 0.2) is 5.60 Å². The molecule has 3 amide bonds. The van der Waals surface area contributed by atoms with E-state index >= 15 is 0 Å². The van der Waals surface area contributed by atoms with Gasteiger partial charge in [0.25, 0.3) is 5.91 Å². The average molecular weight is 445 g/mol. The van der Waals surface area contributed by atoms with E-state index in [0.29, 0.717) is 5.56 Å². The summed E-state index contributed by atoms with van der Waals surface area (Å²) in [4.78, 5) is 38.2. The molecular formula is C23H32N4O5. The van der Waals surface area contributed by atoms with Crippen molar-refractivity contribution in [1.82, 2.24) is 16.0 Å². The van der Waals surface area contributed by atoms with Crippen molar-refractivity contribution in [3.63, 3.8) is 0 Å². The van der Waals surface area contributed by atoms with Crippen LogP contribution in [-0.4, -0.2) is 60.8 Å². The SMILES string of the molecule is CNC(=O)[C@@H](Cc1ccc(C#N)cc1)NC(=O)[C@@H](NC(=O)[C@]1(C)CO1)[C@@H](C)OC(C)(C)C. The van der Waals surface area contributed by atoms with E-state index < -0.39 is 41.2 Å². The third kappa shape index (κ3) is 7.04. The Morgan fingerprint density at radius 1 is 1.19 bits per heavy atom. The molecule has 1 fully saturated rings. The van der Waals surface area contributed by atoms with E-state index in [4.69, 9.17) is 14.7 Å². The summed E-state index contributed by atoms with van der Waals surface area (Å²) in [5, 5.41) is 17.0. The Labute approximate surface area is 188 Å². The molecule has 1 saturated heterocycles. The number of amides is 3. The molecule has 4 atom stereocenters. The van der Waals surface area contributed by atoms with Gasteiger partial charge in [-0.05, 0) is 52.3 Å². The maximum Gasteiger partial charge on any atom is 0.255 e. The van der Waals surface area contributed by atoms with Crippen LogP contribution in [0.2, 0.25) is 0 Å². The minimum atomic E-state index is -1.03. The largest absolute Gasteiger partial charge is 0.370 e. The van der Waals surface area contributed by atoms with Gasteiger partial charge < -0.3 is 25.4 Å². The highest BCUT2D eigenvalue weighted by Gasteiger charge is 2.49. The number of epoxide rings is 1. The summed E-state index contributed by atoms with van der Waals surface area (Å²) in [6.45, 7) is 9.17. The van der Waals surface area contributed by atoms with Crippen molar-refractivity contribution in [1.29, 1.82) is 5.26 Å². The van der Waals surface area contributed by atoms with Crippen LogP contribution in [0.3, 0.4) is 0 Å². The molecular weight excluding hydrogens is 412 g/mol. The van der Waals surface area contributed by atoms with Crippen molar-refractivity contribution >= 4 is 17.7 Å². The Hall–Kier alpha value is -2.96. The molecule has 32 heavy (non-hydrogen) atoms. The number of nitrogens with zero attached hydrogens (tertiary/aromatic N) is 1. The first-order valence-corrected chi connectivity index (χ1v) is 10.5. The smallest absolute Gasteiger partial charge is 0.255 e. The standard InChI is InChI=1S/C23H32N4O5/c1-14(32-22(2,3)4)18(27-21(30)23(5)13-31-23)20(29)26-17(19(28)25-6)11-15-7-9-16(12-24)10-8-15/h7-10,14,17-18H,11,13H2,1-6H3,(H,25,28)(H,26,29)(H,27,30)/t14-,17-,18+,23+/m1/s1. The fraction of sp³-hybridized carbons (Fsp3) is 0.565. The second-order valence-electron chi connectivity index (χ2n) is 9.09. The van der Waals surface area contributed by atoms with Gasteiger partial charge in [-0.3, -0.25) is 14.4 Å². The zero-order valence-electron chi connectivity index (χ0n) is 19.4. The summed E-state index contributed by atoms with van der Waals surface area (Å²) in [5.41, 5.74) is -0.231. The van der Waals surface area contributed by atoms with E-state index in [1.807, 2.05) is 26.8 Å². The molecule has 2 rings (SSSR count). The van der Waals surface area contributed by atoms with Gasteiger partial charge in [-0.15, -0.1) is 0 Å². The van der Waals surface area contributed by atoms with Crippen molar-refractivity contribution < 1.29 is 23.9 Å². The highest BCUT2D eigenvalue weighted by molar-refractivity contribution is 5.95. The van der Waals surface area contributed by atoms with Crippen LogP contribution in [0.25, 0.3) is 0 Å². The Morgan fingerprint density at radius 3 is 2.25 bits per heavy atom. The van der Waals surface area contributed by atoms with Crippen LogP contribution in [0.4, 0.5) is 0 Å². The van der Waals surface area contributed by atoms with Gasteiger partial charge in [-0.2, -0.15) is 5.26 Å². The van der Waals surface area contributed by atoms with E-state index in [1.54, 1.807) is 38.1 Å². The Bertz CT molecular complexity index is 881. The molecule has 0 spiro atoms. The molecule has 9 nitrogen and oxygen atoms in total. The van der Waals surface area contributed by atoms with Crippen molar-refractivity contribution in [3.05, 3.63) is 35.4 Å². The summed E-state index contributed by atoms with van der Waals surface area (Å²) in [6.07, 6.45) is -0.450. The molecule has 1 aromatic carbocycles. The molecule has 0 radical (unpaired) electrons. The van der Waals surface area contributed by atoms with Gasteiger partial charge >= 0.3 is 0 Å². The third-order valence-electron chi connectivity index (χ3n) is 5.04. The maximum absolute atomic E-state index is 13.2. The molecule has 1 heterocycles. The first-order chi connectivity index (χ1) is 14.9. The van der Waals surface area contributed by atoms with E-state index in [0.717, 1.165) is 5.56 Å². The first-order valence-electron chi connectivity index (χ1n) is 10.5. The number of carbonyl (C=O) groups is 3. The fourth-order valence-electron chi connectivity index (χ4n) is 3.15. The van der Waals surface area contributed by atoms with Crippen molar-refractivity contribution in [2.24, 2.45) is 0 Å². The van der Waals surface area contributed by atoms with Crippen molar-refractivity contribution in [2.75, 3.05) is 13.7 Å². The second kappa shape index (κ2) is 10.1. The maximum atomic E-state index is 13.2. The molecule has 174 valence electrons. The molecule has 0 saturated carbocycles. The Kier molecular flexibility index (Phi) is 7.99. The number of carbonyl (C=O) groups excluding carboxylic acids is 3. The predicted octanol–water partition coefficient (Wildman–Crippen LogP) is 0.809. The zero-order valence-corrected chi connectivity index (χ0v) is 19.4. The minimum Gasteiger partial charge on any atom is -0.370 e. The van der Waals surface area contributed by atoms with Crippen LogP contribution < -0.4 is 16.0 Å². The fourth-order valence-corrected chi connectivity index (χ4v) is 3.15. The zero-order chi connectivity index (χ0) is 24.1. The lowest BCUT2D eigenvalue weighted by Crippen LogP contribution is -2.59. The lowest BCUT2D eigenvalue weighted by molar-refractivity contribution is -0.140. The number of rotatable bonds is 9. The molecule has 0 aromatic heterocycles. The number of nitriles is 1. The van der Waals surface area contributed by atoms with Gasteiger partial charge in [-0.1, -0.05) is 12.1 Å². The summed E-state index contributed by atoms with van der Waals surface area (Å²) in [5.74, 6) is -1.33. The molecule has 0 bridgehead atoms. The van der Waals surface area contributed by atoms with Gasteiger partial charge in [0.05, 0.1) is 29.9 Å². The van der Waals surface area contributed by atoms with Gasteiger partial charge in [0, 0.05) is 13.5 Å². The number of likely N-dealkylation sites (N-methyl/N-ethyl adjacent to an activating group) is 1. The van der Waals surface area contributed by atoms with Gasteiger partial charge in [-0.25, -0.2) is 0 Å². The molecule has 0 unspecified atom stereocenters. The van der Waals surface area contributed by atoms with E-state index in [1.165, 1.54) is 7.05 Å².